The van der Waals surface area contributed by atoms with Crippen LogP contribution in [0.5, 0.6) is 0 Å². The molecule has 0 aromatic heterocycles. The van der Waals surface area contributed by atoms with Crippen LogP contribution < -0.4 is 10.2 Å². The summed E-state index contributed by atoms with van der Waals surface area (Å²) >= 11 is 2.54. The van der Waals surface area contributed by atoms with Gasteiger partial charge in [-0.2, -0.15) is 0 Å². The minimum Gasteiger partial charge on any atom is -0.355 e. The van der Waals surface area contributed by atoms with E-state index >= 15 is 0 Å². The molecular weight excluding hydrogens is 452 g/mol. The van der Waals surface area contributed by atoms with E-state index in [4.69, 9.17) is 0 Å². The molecule has 7 heteroatoms. The van der Waals surface area contributed by atoms with E-state index in [0.29, 0.717) is 17.7 Å². The fraction of sp³-hybridized carbons (Fsp3) is 0.192. The van der Waals surface area contributed by atoms with Crippen molar-refractivity contribution in [1.29, 1.82) is 0 Å². The molecule has 0 saturated carbocycles. The lowest BCUT2D eigenvalue weighted by molar-refractivity contribution is -0.117. The fourth-order valence-electron chi connectivity index (χ4n) is 3.98. The van der Waals surface area contributed by atoms with Crippen LogP contribution in [0.3, 0.4) is 0 Å². The monoisotopic (exact) mass is 476 g/mol. The molecule has 0 radical (unpaired) electrons. The summed E-state index contributed by atoms with van der Waals surface area (Å²) in [5, 5.41) is 1.73. The summed E-state index contributed by atoms with van der Waals surface area (Å²) in [7, 11) is 1.54. The van der Waals surface area contributed by atoms with Crippen LogP contribution in [-0.2, 0) is 11.2 Å². The molecule has 1 N–H and O–H groups in total. The highest BCUT2D eigenvalue weighted by Gasteiger charge is 2.42. The molecule has 5 nitrogen and oxygen atoms in total. The van der Waals surface area contributed by atoms with E-state index in [1.54, 1.807) is 6.07 Å². The first-order chi connectivity index (χ1) is 15.9. The van der Waals surface area contributed by atoms with Gasteiger partial charge in [-0.25, -0.2) is 4.90 Å². The lowest BCUT2D eigenvalue weighted by Gasteiger charge is -2.21. The van der Waals surface area contributed by atoms with Gasteiger partial charge in [0.05, 0.1) is 16.5 Å². The molecule has 1 atom stereocenters. The van der Waals surface area contributed by atoms with E-state index in [1.807, 2.05) is 61.7 Å². The molecule has 0 spiro atoms. The second kappa shape index (κ2) is 9.85. The zero-order chi connectivity index (χ0) is 23.5. The third-order valence-electron chi connectivity index (χ3n) is 5.70. The Morgan fingerprint density at radius 3 is 2.30 bits per heavy atom. The molecule has 4 rings (SSSR count). The van der Waals surface area contributed by atoms with Gasteiger partial charge in [0.1, 0.15) is 0 Å². The average Bonchev–Trinajstić information content (AvgIpc) is 3.11. The Kier molecular flexibility index (Phi) is 6.91. The molecule has 33 heavy (non-hydrogen) atoms. The predicted octanol–water partition coefficient (Wildman–Crippen LogP) is 5.55. The number of hydrogen-bond acceptors (Lipinski definition) is 5. The zero-order valence-electron chi connectivity index (χ0n) is 18.6. The molecule has 1 aliphatic rings. The van der Waals surface area contributed by atoms with E-state index in [-0.39, 0.29) is 17.1 Å². The summed E-state index contributed by atoms with van der Waals surface area (Å²) in [6.45, 7) is 1.84. The van der Waals surface area contributed by atoms with Crippen LogP contribution in [0.25, 0.3) is 11.1 Å². The molecule has 0 aliphatic carbocycles. The molecule has 1 saturated heterocycles. The van der Waals surface area contributed by atoms with E-state index in [0.717, 1.165) is 38.9 Å². The summed E-state index contributed by atoms with van der Waals surface area (Å²) in [6.07, 6.45) is 2.37. The second-order valence-corrected chi connectivity index (χ2v) is 9.68. The van der Waals surface area contributed by atoms with E-state index in [1.165, 1.54) is 23.7 Å². The average molecular weight is 477 g/mol. The zero-order valence-corrected chi connectivity index (χ0v) is 20.3. The Morgan fingerprint density at radius 2 is 1.67 bits per heavy atom. The summed E-state index contributed by atoms with van der Waals surface area (Å²) < 4.78 is 0. The number of carbonyl (C=O) groups is 3. The van der Waals surface area contributed by atoms with Crippen LogP contribution >= 0.6 is 23.5 Å². The standard InChI is InChI=1S/C26H24N2O3S2/c1-16-21(32-3)14-13-20(24(29)27-2)23(16)28-25(30)22(33-26(28)31)15-17-9-11-19(12-10-17)18-7-5-4-6-8-18/h4-14,22H,15H2,1-3H3,(H,27,29). The van der Waals surface area contributed by atoms with Gasteiger partial charge in [-0.05, 0) is 54.0 Å². The summed E-state index contributed by atoms with van der Waals surface area (Å²) in [5.74, 6) is -0.616. The van der Waals surface area contributed by atoms with Crippen molar-refractivity contribution in [2.24, 2.45) is 0 Å². The maximum Gasteiger partial charge on any atom is 0.293 e. The van der Waals surface area contributed by atoms with Gasteiger partial charge in [-0.3, -0.25) is 14.4 Å². The van der Waals surface area contributed by atoms with Crippen LogP contribution in [0.1, 0.15) is 21.5 Å². The van der Waals surface area contributed by atoms with Gasteiger partial charge in [-0.15, -0.1) is 11.8 Å². The number of nitrogens with zero attached hydrogens (tertiary/aromatic N) is 1. The van der Waals surface area contributed by atoms with Gasteiger partial charge < -0.3 is 5.32 Å². The first-order valence-corrected chi connectivity index (χ1v) is 12.6. The SMILES string of the molecule is CNC(=O)c1ccc(SC)c(C)c1N1C(=O)SC(Cc2ccc(-c3ccccc3)cc2)C1=O. The van der Waals surface area contributed by atoms with Crippen molar-refractivity contribution in [2.75, 3.05) is 18.2 Å². The van der Waals surface area contributed by atoms with Gasteiger partial charge in [0.15, 0.2) is 0 Å². The summed E-state index contributed by atoms with van der Waals surface area (Å²) in [4.78, 5) is 41.0. The Balaban J connectivity index is 1.61. The predicted molar refractivity (Wildman–Crippen MR) is 136 cm³/mol. The first kappa shape index (κ1) is 23.1. The third kappa shape index (κ3) is 4.56. The number of thioether (sulfide) groups is 2. The third-order valence-corrected chi connectivity index (χ3v) is 7.62. The topological polar surface area (TPSA) is 66.5 Å². The molecule has 1 heterocycles. The number of nitrogens with one attached hydrogen (secondary N) is 1. The normalized spacial score (nSPS) is 15.7. The number of benzene rings is 3. The molecule has 1 unspecified atom stereocenters. The van der Waals surface area contributed by atoms with Crippen molar-refractivity contribution >= 4 is 46.3 Å². The van der Waals surface area contributed by atoms with Crippen LogP contribution in [0, 0.1) is 6.92 Å². The number of rotatable bonds is 6. The van der Waals surface area contributed by atoms with Gasteiger partial charge in [0.2, 0.25) is 5.91 Å². The van der Waals surface area contributed by atoms with Crippen LogP contribution in [0.4, 0.5) is 10.5 Å². The Morgan fingerprint density at radius 1 is 1.00 bits per heavy atom. The Bertz CT molecular complexity index is 1210. The number of hydrogen-bond donors (Lipinski definition) is 1. The van der Waals surface area contributed by atoms with Crippen molar-refractivity contribution < 1.29 is 14.4 Å². The maximum absolute atomic E-state index is 13.4. The van der Waals surface area contributed by atoms with Gasteiger partial charge in [-0.1, -0.05) is 66.4 Å². The molecule has 1 fully saturated rings. The summed E-state index contributed by atoms with van der Waals surface area (Å²) in [5.41, 5.74) is 4.66. The van der Waals surface area contributed by atoms with Gasteiger partial charge in [0, 0.05) is 11.9 Å². The summed E-state index contributed by atoms with van der Waals surface area (Å²) in [6, 6.07) is 21.7. The highest BCUT2D eigenvalue weighted by molar-refractivity contribution is 8.15. The van der Waals surface area contributed by atoms with Crippen molar-refractivity contribution in [1.82, 2.24) is 5.32 Å². The lowest BCUT2D eigenvalue weighted by Crippen LogP contribution is -2.35. The van der Waals surface area contributed by atoms with Crippen molar-refractivity contribution in [3.05, 3.63) is 83.4 Å². The second-order valence-electron chi connectivity index (χ2n) is 7.68. The van der Waals surface area contributed by atoms with E-state index < -0.39 is 5.25 Å². The Labute approximate surface area is 201 Å². The molecule has 3 aromatic rings. The van der Waals surface area contributed by atoms with Gasteiger partial charge >= 0.3 is 0 Å². The Hall–Kier alpha value is -3.03. The van der Waals surface area contributed by atoms with Crippen molar-refractivity contribution in [2.45, 2.75) is 23.5 Å². The molecule has 3 aromatic carbocycles. The van der Waals surface area contributed by atoms with Crippen LogP contribution in [0.2, 0.25) is 0 Å². The van der Waals surface area contributed by atoms with Crippen molar-refractivity contribution in [3.8, 4) is 11.1 Å². The molecule has 3 amide bonds. The van der Waals surface area contributed by atoms with Crippen LogP contribution in [-0.4, -0.2) is 35.6 Å². The molecule has 0 bridgehead atoms. The maximum atomic E-state index is 13.4. The molecule has 168 valence electrons. The van der Waals surface area contributed by atoms with Crippen LogP contribution in [0.15, 0.2) is 71.6 Å². The lowest BCUT2D eigenvalue weighted by atomic mass is 10.0. The number of carbonyl (C=O) groups excluding carboxylic acids is 3. The van der Waals surface area contributed by atoms with Gasteiger partial charge in [0.25, 0.3) is 11.1 Å². The number of anilines is 1. The minimum absolute atomic E-state index is 0.288. The fourth-order valence-corrected chi connectivity index (χ4v) is 5.60. The highest BCUT2D eigenvalue weighted by atomic mass is 32.2. The first-order valence-electron chi connectivity index (χ1n) is 10.5. The minimum atomic E-state index is -0.532. The number of amides is 3. The smallest absolute Gasteiger partial charge is 0.293 e. The van der Waals surface area contributed by atoms with Crippen molar-refractivity contribution in [3.63, 3.8) is 0 Å². The number of imide groups is 1. The van der Waals surface area contributed by atoms with E-state index in [2.05, 4.69) is 17.4 Å². The quantitative estimate of drug-likeness (QED) is 0.472. The van der Waals surface area contributed by atoms with E-state index in [9.17, 15) is 14.4 Å². The molecular formula is C26H24N2O3S2. The highest BCUT2D eigenvalue weighted by Crippen LogP contribution is 2.40. The largest absolute Gasteiger partial charge is 0.355 e. The molecule has 1 aliphatic heterocycles.